The molecule has 7 nitrogen and oxygen atoms in total. The van der Waals surface area contributed by atoms with Crippen molar-refractivity contribution in [2.75, 3.05) is 19.0 Å². The van der Waals surface area contributed by atoms with E-state index in [9.17, 15) is 19.5 Å². The molecule has 0 aliphatic carbocycles. The summed E-state index contributed by atoms with van der Waals surface area (Å²) in [7, 11) is 1.43. The molecule has 1 heterocycles. The van der Waals surface area contributed by atoms with E-state index in [1.54, 1.807) is 24.3 Å². The summed E-state index contributed by atoms with van der Waals surface area (Å²) in [5.41, 5.74) is 1.18. The lowest BCUT2D eigenvalue weighted by Gasteiger charge is -2.12. The predicted molar refractivity (Wildman–Crippen MR) is 128 cm³/mol. The van der Waals surface area contributed by atoms with E-state index in [2.05, 4.69) is 27.9 Å². The number of benzene rings is 2. The van der Waals surface area contributed by atoms with Gasteiger partial charge in [0.2, 0.25) is 5.91 Å². The van der Waals surface area contributed by atoms with E-state index in [4.69, 9.17) is 4.74 Å². The van der Waals surface area contributed by atoms with Crippen molar-refractivity contribution in [1.29, 1.82) is 0 Å². The summed E-state index contributed by atoms with van der Waals surface area (Å²) in [5.74, 6) is -0.736. The van der Waals surface area contributed by atoms with Crippen molar-refractivity contribution in [3.63, 3.8) is 0 Å². The van der Waals surface area contributed by atoms with Crippen molar-refractivity contribution < 1.29 is 24.2 Å². The molecule has 0 spiro atoms. The Labute approximate surface area is 198 Å². The zero-order chi connectivity index (χ0) is 21.1. The van der Waals surface area contributed by atoms with Crippen LogP contribution in [0.15, 0.2) is 41.3 Å². The minimum atomic E-state index is -0.542. The molecule has 2 aromatic carbocycles. The summed E-state index contributed by atoms with van der Waals surface area (Å²) in [4.78, 5) is 38.2. The molecule has 0 bridgehead atoms. The molecule has 2 N–H and O–H groups in total. The number of hydrogen-bond acceptors (Lipinski definition) is 6. The second-order valence-electron chi connectivity index (χ2n) is 5.88. The van der Waals surface area contributed by atoms with Crippen LogP contribution in [0.3, 0.4) is 0 Å². The van der Waals surface area contributed by atoms with E-state index in [0.717, 1.165) is 20.2 Å². The van der Waals surface area contributed by atoms with Gasteiger partial charge < -0.3 is 15.2 Å². The second kappa shape index (κ2) is 9.34. The highest BCUT2D eigenvalue weighted by atomic mass is 127. The number of amides is 3. The Balaban J connectivity index is 1.74. The average molecular weight is 636 g/mol. The fourth-order valence-corrected chi connectivity index (χ4v) is 4.32. The molecular formula is C19H14I2N2O5S. The number of carbonyl (C=O) groups excluding carboxylic acids is 3. The smallest absolute Gasteiger partial charge is 0.294 e. The van der Waals surface area contributed by atoms with E-state index in [0.29, 0.717) is 14.8 Å². The molecule has 0 aromatic heterocycles. The zero-order valence-corrected chi connectivity index (χ0v) is 20.1. The molecule has 0 saturated carbocycles. The number of phenolic OH excluding ortho intramolecular Hbond substituents is 1. The van der Waals surface area contributed by atoms with Gasteiger partial charge in [0, 0.05) is 9.26 Å². The second-order valence-corrected chi connectivity index (χ2v) is 9.28. The topological polar surface area (TPSA) is 95.9 Å². The number of thioether (sulfide) groups is 1. The lowest BCUT2D eigenvalue weighted by atomic mass is 10.2. The Kier molecular flexibility index (Phi) is 7.05. The molecule has 29 heavy (non-hydrogen) atoms. The number of nitrogens with one attached hydrogen (secondary N) is 1. The summed E-state index contributed by atoms with van der Waals surface area (Å²) in [6.45, 7) is -0.371. The number of nitrogens with zero attached hydrogens (tertiary/aromatic N) is 1. The van der Waals surface area contributed by atoms with Gasteiger partial charge in [-0.3, -0.25) is 19.3 Å². The fraction of sp³-hybridized carbons (Fsp3) is 0.105. The summed E-state index contributed by atoms with van der Waals surface area (Å²) in [5, 5.41) is 12.1. The largest absolute Gasteiger partial charge is 0.504 e. The van der Waals surface area contributed by atoms with Crippen LogP contribution < -0.4 is 10.1 Å². The molecule has 150 valence electrons. The number of methoxy groups -OCH3 is 1. The number of phenols is 1. The summed E-state index contributed by atoms with van der Waals surface area (Å²) in [6, 6.07) is 10.4. The lowest BCUT2D eigenvalue weighted by Crippen LogP contribution is -2.36. The van der Waals surface area contributed by atoms with Crippen LogP contribution in [0, 0.1) is 7.14 Å². The van der Waals surface area contributed by atoms with Gasteiger partial charge in [0.1, 0.15) is 6.54 Å². The van der Waals surface area contributed by atoms with Crippen LogP contribution in [0.5, 0.6) is 11.5 Å². The van der Waals surface area contributed by atoms with Crippen LogP contribution in [-0.4, -0.2) is 40.7 Å². The normalized spacial score (nSPS) is 15.1. The molecule has 1 aliphatic rings. The number of imide groups is 1. The number of aromatic hydroxyl groups is 1. The van der Waals surface area contributed by atoms with E-state index in [-0.39, 0.29) is 22.9 Å². The highest BCUT2D eigenvalue weighted by Gasteiger charge is 2.36. The van der Waals surface area contributed by atoms with E-state index in [1.165, 1.54) is 13.2 Å². The minimum absolute atomic E-state index is 0.00521. The first kappa shape index (κ1) is 21.9. The Morgan fingerprint density at radius 2 is 1.93 bits per heavy atom. The number of anilines is 1. The van der Waals surface area contributed by atoms with Crippen LogP contribution in [0.25, 0.3) is 6.08 Å². The van der Waals surface area contributed by atoms with E-state index >= 15 is 0 Å². The average Bonchev–Trinajstić information content (AvgIpc) is 2.93. The molecule has 10 heteroatoms. The van der Waals surface area contributed by atoms with Gasteiger partial charge in [-0.15, -0.1) is 0 Å². The van der Waals surface area contributed by atoms with Crippen LogP contribution in [0.1, 0.15) is 5.56 Å². The predicted octanol–water partition coefficient (Wildman–Crippen LogP) is 4.29. The Morgan fingerprint density at radius 3 is 2.59 bits per heavy atom. The summed E-state index contributed by atoms with van der Waals surface area (Å²) in [6.07, 6.45) is 1.53. The van der Waals surface area contributed by atoms with Crippen molar-refractivity contribution in [3.05, 3.63) is 54.0 Å². The highest BCUT2D eigenvalue weighted by molar-refractivity contribution is 14.1. The van der Waals surface area contributed by atoms with Crippen LogP contribution in [0.2, 0.25) is 0 Å². The highest BCUT2D eigenvalue weighted by Crippen LogP contribution is 2.36. The Bertz CT molecular complexity index is 1020. The molecule has 0 atom stereocenters. The molecule has 3 amide bonds. The number of ether oxygens (including phenoxy) is 1. The van der Waals surface area contributed by atoms with Gasteiger partial charge in [-0.1, -0.05) is 0 Å². The maximum absolute atomic E-state index is 12.6. The lowest BCUT2D eigenvalue weighted by molar-refractivity contribution is -0.127. The molecule has 0 radical (unpaired) electrons. The maximum Gasteiger partial charge on any atom is 0.294 e. The van der Waals surface area contributed by atoms with Crippen LogP contribution in [0.4, 0.5) is 10.5 Å². The standard InChI is InChI=1S/C19H14I2N2O5S/c1-28-14-7-10(6-13(21)17(14)25)8-15-18(26)23(19(27)29-15)9-16(24)22-12-4-2-11(20)3-5-12/h2-8,25H,9H2,1H3,(H,22,24)/b15-8+. The zero-order valence-electron chi connectivity index (χ0n) is 14.9. The van der Waals surface area contributed by atoms with Gasteiger partial charge in [-0.05, 0) is 105 Å². The van der Waals surface area contributed by atoms with Crippen LogP contribution in [-0.2, 0) is 9.59 Å². The van der Waals surface area contributed by atoms with Gasteiger partial charge in [0.05, 0.1) is 15.6 Å². The SMILES string of the molecule is COc1cc(/C=C2/SC(=O)N(CC(=O)Nc3ccc(I)cc3)C2=O)cc(I)c1O. The first-order valence-electron chi connectivity index (χ1n) is 8.15. The molecular weight excluding hydrogens is 622 g/mol. The number of rotatable bonds is 5. The fourth-order valence-electron chi connectivity index (χ4n) is 2.50. The number of hydrogen-bond donors (Lipinski definition) is 2. The third-order valence-corrected chi connectivity index (χ3v) is 6.32. The Morgan fingerprint density at radius 1 is 1.24 bits per heavy atom. The molecule has 0 unspecified atom stereocenters. The van der Waals surface area contributed by atoms with Crippen molar-refractivity contribution in [2.45, 2.75) is 0 Å². The van der Waals surface area contributed by atoms with Crippen molar-refractivity contribution >= 4 is 85.8 Å². The first-order chi connectivity index (χ1) is 13.8. The monoisotopic (exact) mass is 636 g/mol. The number of carbonyl (C=O) groups is 3. The molecule has 1 fully saturated rings. The van der Waals surface area contributed by atoms with Gasteiger partial charge in [-0.2, -0.15) is 0 Å². The minimum Gasteiger partial charge on any atom is -0.504 e. The van der Waals surface area contributed by atoms with Crippen molar-refractivity contribution in [3.8, 4) is 11.5 Å². The van der Waals surface area contributed by atoms with E-state index < -0.39 is 17.1 Å². The third-order valence-electron chi connectivity index (χ3n) is 3.87. The first-order valence-corrected chi connectivity index (χ1v) is 11.1. The summed E-state index contributed by atoms with van der Waals surface area (Å²) < 4.78 is 6.68. The summed E-state index contributed by atoms with van der Waals surface area (Å²) >= 11 is 4.86. The molecule has 1 saturated heterocycles. The Hall–Kier alpha value is -1.80. The van der Waals surface area contributed by atoms with Crippen LogP contribution >= 0.6 is 56.9 Å². The molecule has 3 rings (SSSR count). The maximum atomic E-state index is 12.6. The van der Waals surface area contributed by atoms with E-state index in [1.807, 2.05) is 34.7 Å². The number of halogens is 2. The van der Waals surface area contributed by atoms with Gasteiger partial charge in [0.15, 0.2) is 11.5 Å². The third kappa shape index (κ3) is 5.22. The van der Waals surface area contributed by atoms with Crippen molar-refractivity contribution in [2.24, 2.45) is 0 Å². The quantitative estimate of drug-likeness (QED) is 0.376. The van der Waals surface area contributed by atoms with Gasteiger partial charge in [0.25, 0.3) is 11.1 Å². The van der Waals surface area contributed by atoms with Crippen molar-refractivity contribution in [1.82, 2.24) is 4.90 Å². The van der Waals surface area contributed by atoms with Gasteiger partial charge >= 0.3 is 0 Å². The molecule has 1 aliphatic heterocycles. The molecule has 2 aromatic rings. The van der Waals surface area contributed by atoms with Gasteiger partial charge in [-0.25, -0.2) is 0 Å².